The van der Waals surface area contributed by atoms with Crippen molar-refractivity contribution in [2.75, 3.05) is 26.4 Å². The van der Waals surface area contributed by atoms with E-state index in [1.165, 1.54) is 19.3 Å². The molecule has 0 radical (unpaired) electrons. The second-order valence-corrected chi connectivity index (χ2v) is 18.0. The molecule has 11 atom stereocenters. The van der Waals surface area contributed by atoms with Crippen molar-refractivity contribution in [3.05, 3.63) is 109 Å². The predicted molar refractivity (Wildman–Crippen MR) is 279 cm³/mol. The molecule has 0 spiro atoms. The zero-order chi connectivity index (χ0) is 52.4. The number of carbonyl (C=O) groups excluding carboxylic acids is 2. The first-order valence-corrected chi connectivity index (χ1v) is 26.5. The van der Waals surface area contributed by atoms with Gasteiger partial charge in [-0.25, -0.2) is 0 Å². The summed E-state index contributed by atoms with van der Waals surface area (Å²) < 4.78 is 33.5. The summed E-state index contributed by atoms with van der Waals surface area (Å²) in [7, 11) is 0. The van der Waals surface area contributed by atoms with Gasteiger partial charge in [0.05, 0.1) is 19.8 Å². The van der Waals surface area contributed by atoms with Gasteiger partial charge < -0.3 is 64.2 Å². The first-order chi connectivity index (χ1) is 35.0. The van der Waals surface area contributed by atoms with Gasteiger partial charge in [-0.15, -0.1) is 0 Å². The fourth-order valence-corrected chi connectivity index (χ4v) is 7.42. The smallest absolute Gasteiger partial charge is 0.306 e. The highest BCUT2D eigenvalue weighted by Crippen LogP contribution is 2.26. The van der Waals surface area contributed by atoms with Crippen LogP contribution in [0.2, 0.25) is 0 Å². The van der Waals surface area contributed by atoms with E-state index in [9.17, 15) is 45.3 Å². The summed E-state index contributed by atoms with van der Waals surface area (Å²) in [6.07, 6.45) is 38.4. The highest BCUT2D eigenvalue weighted by Gasteiger charge is 2.47. The van der Waals surface area contributed by atoms with Crippen molar-refractivity contribution in [1.29, 1.82) is 0 Å². The van der Waals surface area contributed by atoms with Crippen molar-refractivity contribution < 1.29 is 73.8 Å². The Labute approximate surface area is 430 Å². The summed E-state index contributed by atoms with van der Waals surface area (Å²) in [5, 5.41) is 72.1. The summed E-state index contributed by atoms with van der Waals surface area (Å²) in [5.41, 5.74) is 0. The standard InChI is InChI=1S/C57H90O15/c1-3-5-7-9-11-13-15-17-19-21-22-24-25-27-29-31-33-35-37-39-48(59)67-42-45(70-49(60)40-38-36-34-32-30-28-26-23-20-18-16-14-12-10-8-6-4-2)43-68-56-55(66)53(64)51(62)47(72-56)44-69-57-54(65)52(63)50(61)46(41-58)71-57/h5,7,11-14,17-20,22,24,26-29,33,35,45-47,50-58,61-66H,3-4,6,8-10,15-16,21,23,25,30-32,34,36-44H2,1-2H3/b7-5+,13-11+,14-12+,19-17+,20-18+,24-22+,28-26+,29-27+,35-33+/t45-,46+,47+,50-,51-,52?,53?,54?,55?,56+,57+/m0/s1. The molecular formula is C57H90O15. The average Bonchev–Trinajstić information content (AvgIpc) is 3.37. The van der Waals surface area contributed by atoms with E-state index in [0.717, 1.165) is 77.0 Å². The molecule has 7 N–H and O–H groups in total. The van der Waals surface area contributed by atoms with E-state index in [0.29, 0.717) is 19.3 Å². The van der Waals surface area contributed by atoms with Crippen molar-refractivity contribution in [2.45, 2.75) is 210 Å². The lowest BCUT2D eigenvalue weighted by Gasteiger charge is -2.42. The molecule has 2 aliphatic heterocycles. The van der Waals surface area contributed by atoms with Crippen LogP contribution in [0.5, 0.6) is 0 Å². The summed E-state index contributed by atoms with van der Waals surface area (Å²) in [6, 6.07) is 0. The lowest BCUT2D eigenvalue weighted by molar-refractivity contribution is -0.332. The molecule has 408 valence electrons. The fourth-order valence-electron chi connectivity index (χ4n) is 7.42. The molecule has 15 heteroatoms. The third-order valence-corrected chi connectivity index (χ3v) is 11.7. The highest BCUT2D eigenvalue weighted by molar-refractivity contribution is 5.70. The minimum atomic E-state index is -1.79. The highest BCUT2D eigenvalue weighted by atomic mass is 16.7. The van der Waals surface area contributed by atoms with E-state index in [1.807, 2.05) is 12.2 Å². The van der Waals surface area contributed by atoms with Gasteiger partial charge in [-0.05, 0) is 89.9 Å². The molecule has 15 nitrogen and oxygen atoms in total. The number of hydrogen-bond donors (Lipinski definition) is 7. The van der Waals surface area contributed by atoms with Crippen molar-refractivity contribution >= 4 is 11.9 Å². The van der Waals surface area contributed by atoms with Gasteiger partial charge in [-0.2, -0.15) is 0 Å². The first-order valence-electron chi connectivity index (χ1n) is 26.5. The molecule has 0 saturated carbocycles. The van der Waals surface area contributed by atoms with Gasteiger partial charge in [0, 0.05) is 12.8 Å². The van der Waals surface area contributed by atoms with Gasteiger partial charge in [0.2, 0.25) is 0 Å². The molecule has 4 unspecified atom stereocenters. The van der Waals surface area contributed by atoms with Gasteiger partial charge in [-0.1, -0.05) is 149 Å². The van der Waals surface area contributed by atoms with Crippen LogP contribution in [0.1, 0.15) is 142 Å². The molecule has 0 amide bonds. The molecule has 0 aromatic carbocycles. The maximum atomic E-state index is 13.0. The SMILES string of the molecule is CC/C=C/C/C=C/C/C=C/C/C=C/C/C=C/C/C=C/CCC(=O)OC[C@@H](CO[C@@H]1O[C@H](CO[C@@H]2O[C@H](CO)[C@H](O)C(O)C2O)[C@H](O)C(O)C1O)OC(=O)CCCCCC/C=C/C/C=C/C/C=C/CCCCC. The van der Waals surface area contributed by atoms with Crippen LogP contribution in [0.4, 0.5) is 0 Å². The maximum absolute atomic E-state index is 13.0. The third kappa shape index (κ3) is 29.8. The van der Waals surface area contributed by atoms with Crippen LogP contribution in [0.3, 0.4) is 0 Å². The Kier molecular flexibility index (Phi) is 37.9. The molecule has 0 bridgehead atoms. The molecule has 72 heavy (non-hydrogen) atoms. The van der Waals surface area contributed by atoms with E-state index < -0.39 is 99.3 Å². The molecule has 2 saturated heterocycles. The largest absolute Gasteiger partial charge is 0.462 e. The summed E-state index contributed by atoms with van der Waals surface area (Å²) in [6.45, 7) is 2.32. The summed E-state index contributed by atoms with van der Waals surface area (Å²) in [4.78, 5) is 25.8. The van der Waals surface area contributed by atoms with Crippen molar-refractivity contribution in [1.82, 2.24) is 0 Å². The monoisotopic (exact) mass is 1010 g/mol. The molecule has 2 aliphatic rings. The Hall–Kier alpha value is -3.84. The Balaban J connectivity index is 1.85. The van der Waals surface area contributed by atoms with Crippen LogP contribution in [0.25, 0.3) is 0 Å². The Bertz CT molecular complexity index is 1660. The van der Waals surface area contributed by atoms with Crippen molar-refractivity contribution in [3.8, 4) is 0 Å². The number of esters is 2. The molecular weight excluding hydrogens is 925 g/mol. The van der Waals surface area contributed by atoms with E-state index >= 15 is 0 Å². The quantitative estimate of drug-likeness (QED) is 0.0176. The van der Waals surface area contributed by atoms with E-state index in [2.05, 4.69) is 111 Å². The van der Waals surface area contributed by atoms with E-state index in [-0.39, 0.29) is 19.4 Å². The molecule has 2 heterocycles. The minimum Gasteiger partial charge on any atom is -0.462 e. The lowest BCUT2D eigenvalue weighted by Crippen LogP contribution is -2.61. The second-order valence-electron chi connectivity index (χ2n) is 18.0. The number of aliphatic hydroxyl groups is 7. The van der Waals surface area contributed by atoms with E-state index in [1.54, 1.807) is 0 Å². The fraction of sp³-hybridized carbons (Fsp3) is 0.649. The first kappa shape index (κ1) is 64.3. The Morgan fingerprint density at radius 2 is 0.903 bits per heavy atom. The van der Waals surface area contributed by atoms with Gasteiger partial charge in [0.1, 0.15) is 55.4 Å². The number of rotatable bonds is 39. The van der Waals surface area contributed by atoms with Crippen molar-refractivity contribution in [2.24, 2.45) is 0 Å². The van der Waals surface area contributed by atoms with Gasteiger partial charge in [-0.3, -0.25) is 9.59 Å². The molecule has 0 aromatic heterocycles. The predicted octanol–water partition coefficient (Wildman–Crippen LogP) is 7.93. The minimum absolute atomic E-state index is 0.0804. The van der Waals surface area contributed by atoms with E-state index in [4.69, 9.17) is 28.4 Å². The van der Waals surface area contributed by atoms with Crippen molar-refractivity contribution in [3.63, 3.8) is 0 Å². The molecule has 0 aromatic rings. The van der Waals surface area contributed by atoms with Crippen LogP contribution in [0, 0.1) is 0 Å². The topological polar surface area (TPSA) is 231 Å². The number of carbonyl (C=O) groups is 2. The summed E-state index contributed by atoms with van der Waals surface area (Å²) >= 11 is 0. The Morgan fingerprint density at radius 1 is 0.458 bits per heavy atom. The normalized spacial score (nSPS) is 25.9. The zero-order valence-electron chi connectivity index (χ0n) is 43.1. The number of allylic oxidation sites excluding steroid dienone is 18. The number of aliphatic hydroxyl groups excluding tert-OH is 7. The van der Waals surface area contributed by atoms with Gasteiger partial charge in [0.15, 0.2) is 18.7 Å². The lowest BCUT2D eigenvalue weighted by atomic mass is 9.98. The van der Waals surface area contributed by atoms with Crippen LogP contribution in [-0.4, -0.2) is 142 Å². The summed E-state index contributed by atoms with van der Waals surface area (Å²) in [5.74, 6) is -1.06. The number of unbranched alkanes of at least 4 members (excludes halogenated alkanes) is 7. The molecule has 2 fully saturated rings. The number of ether oxygens (including phenoxy) is 6. The average molecular weight is 1020 g/mol. The van der Waals surface area contributed by atoms with Crippen LogP contribution in [-0.2, 0) is 38.0 Å². The second kappa shape index (κ2) is 42.5. The zero-order valence-corrected chi connectivity index (χ0v) is 43.1. The van der Waals surface area contributed by atoms with Crippen LogP contribution in [0.15, 0.2) is 109 Å². The maximum Gasteiger partial charge on any atom is 0.306 e. The molecule has 0 aliphatic carbocycles. The Morgan fingerprint density at radius 3 is 1.42 bits per heavy atom. The van der Waals surface area contributed by atoms with Crippen LogP contribution >= 0.6 is 0 Å². The van der Waals surface area contributed by atoms with Crippen LogP contribution < -0.4 is 0 Å². The van der Waals surface area contributed by atoms with Gasteiger partial charge >= 0.3 is 11.9 Å². The number of hydrogen-bond acceptors (Lipinski definition) is 15. The third-order valence-electron chi connectivity index (χ3n) is 11.7. The molecule has 2 rings (SSSR count). The van der Waals surface area contributed by atoms with Gasteiger partial charge in [0.25, 0.3) is 0 Å².